The quantitative estimate of drug-likeness (QED) is 0.864. The zero-order valence-electron chi connectivity index (χ0n) is 10.1. The van der Waals surface area contributed by atoms with Gasteiger partial charge in [0.05, 0.1) is 0 Å². The van der Waals surface area contributed by atoms with Gasteiger partial charge in [-0.25, -0.2) is 0 Å². The lowest BCUT2D eigenvalue weighted by molar-refractivity contribution is 0.0780. The highest BCUT2D eigenvalue weighted by atomic mass is 16.2. The molecule has 1 unspecified atom stereocenters. The molecular weight excluding hydrogens is 216 g/mol. The molecule has 2 rings (SSSR count). The van der Waals surface area contributed by atoms with Crippen LogP contribution < -0.4 is 5.56 Å². The summed E-state index contributed by atoms with van der Waals surface area (Å²) in [4.78, 5) is 27.7. The highest BCUT2D eigenvalue weighted by Gasteiger charge is 2.26. The summed E-state index contributed by atoms with van der Waals surface area (Å²) in [5.74, 6) is 0.570. The molecule has 1 atom stereocenters. The van der Waals surface area contributed by atoms with E-state index in [4.69, 9.17) is 0 Å². The Labute approximate surface area is 101 Å². The van der Waals surface area contributed by atoms with E-state index in [1.54, 1.807) is 12.1 Å². The minimum Gasteiger partial charge on any atom is -0.337 e. The Morgan fingerprint density at radius 3 is 3.06 bits per heavy atom. The fraction of sp³-hybridized carbons (Fsp3) is 0.538. The van der Waals surface area contributed by atoms with Gasteiger partial charge in [-0.15, -0.1) is 0 Å². The third kappa shape index (κ3) is 2.75. The first-order valence-corrected chi connectivity index (χ1v) is 6.19. The van der Waals surface area contributed by atoms with Gasteiger partial charge in [-0.05, 0) is 24.8 Å². The van der Waals surface area contributed by atoms with Crippen molar-refractivity contribution < 1.29 is 4.79 Å². The van der Waals surface area contributed by atoms with Crippen LogP contribution in [-0.4, -0.2) is 28.9 Å². The first kappa shape index (κ1) is 11.9. The predicted octanol–water partition coefficient (Wildman–Crippen LogP) is 1.64. The van der Waals surface area contributed by atoms with E-state index in [1.165, 1.54) is 12.5 Å². The van der Waals surface area contributed by atoms with Crippen LogP contribution in [0.15, 0.2) is 23.0 Å². The minimum absolute atomic E-state index is 0.0543. The van der Waals surface area contributed by atoms with E-state index in [-0.39, 0.29) is 11.5 Å². The van der Waals surface area contributed by atoms with Gasteiger partial charge in [0.1, 0.15) is 5.69 Å². The van der Waals surface area contributed by atoms with Crippen molar-refractivity contribution in [2.24, 2.45) is 5.92 Å². The van der Waals surface area contributed by atoms with Crippen LogP contribution in [0.4, 0.5) is 0 Å². The maximum absolute atomic E-state index is 12.1. The number of carbonyl (C=O) groups is 1. The van der Waals surface area contributed by atoms with Crippen molar-refractivity contribution in [3.63, 3.8) is 0 Å². The van der Waals surface area contributed by atoms with E-state index < -0.39 is 0 Å². The average Bonchev–Trinajstić information content (AvgIpc) is 2.77. The van der Waals surface area contributed by atoms with Gasteiger partial charge in [0, 0.05) is 19.2 Å². The topological polar surface area (TPSA) is 53.2 Å². The molecule has 0 spiro atoms. The van der Waals surface area contributed by atoms with Gasteiger partial charge < -0.3 is 9.88 Å². The van der Waals surface area contributed by atoms with Gasteiger partial charge in [0.2, 0.25) is 5.56 Å². The summed E-state index contributed by atoms with van der Waals surface area (Å²) in [6, 6.07) is 4.70. The molecule has 4 heteroatoms. The second-order valence-electron chi connectivity index (χ2n) is 4.62. The number of amides is 1. The maximum atomic E-state index is 12.1. The summed E-state index contributed by atoms with van der Waals surface area (Å²) < 4.78 is 0. The molecule has 1 fully saturated rings. The largest absolute Gasteiger partial charge is 0.337 e. The molecule has 0 saturated carbocycles. The molecule has 1 aliphatic rings. The molecule has 1 aliphatic heterocycles. The summed E-state index contributed by atoms with van der Waals surface area (Å²) in [5, 5.41) is 0. The van der Waals surface area contributed by atoms with E-state index in [2.05, 4.69) is 11.9 Å². The Morgan fingerprint density at radius 2 is 2.35 bits per heavy atom. The van der Waals surface area contributed by atoms with Crippen LogP contribution in [0.3, 0.4) is 0 Å². The molecule has 1 saturated heterocycles. The molecule has 0 aliphatic carbocycles. The van der Waals surface area contributed by atoms with Gasteiger partial charge in [-0.2, -0.15) is 0 Å². The van der Waals surface area contributed by atoms with Crippen molar-refractivity contribution in [3.05, 3.63) is 34.2 Å². The Balaban J connectivity index is 2.04. The van der Waals surface area contributed by atoms with Gasteiger partial charge in [-0.1, -0.05) is 19.4 Å². The maximum Gasteiger partial charge on any atom is 0.270 e. The number of aromatic amines is 1. The molecule has 1 N–H and O–H groups in total. The van der Waals surface area contributed by atoms with E-state index in [0.717, 1.165) is 25.9 Å². The number of nitrogens with one attached hydrogen (secondary N) is 1. The lowest BCUT2D eigenvalue weighted by atomic mass is 10.0. The van der Waals surface area contributed by atoms with Crippen molar-refractivity contribution >= 4 is 5.91 Å². The molecule has 2 heterocycles. The smallest absolute Gasteiger partial charge is 0.270 e. The second kappa shape index (κ2) is 5.17. The van der Waals surface area contributed by atoms with E-state index in [9.17, 15) is 9.59 Å². The van der Waals surface area contributed by atoms with Crippen molar-refractivity contribution in [3.8, 4) is 0 Å². The number of nitrogens with zero attached hydrogens (tertiary/aromatic N) is 1. The van der Waals surface area contributed by atoms with Crippen LogP contribution in [-0.2, 0) is 0 Å². The molecule has 92 valence electrons. The Hall–Kier alpha value is -1.58. The zero-order valence-corrected chi connectivity index (χ0v) is 10.1. The van der Waals surface area contributed by atoms with Crippen LogP contribution in [0.25, 0.3) is 0 Å². The van der Waals surface area contributed by atoms with E-state index in [0.29, 0.717) is 11.6 Å². The number of likely N-dealkylation sites (tertiary alicyclic amines) is 1. The third-order valence-electron chi connectivity index (χ3n) is 3.27. The third-order valence-corrected chi connectivity index (χ3v) is 3.27. The highest BCUT2D eigenvalue weighted by Crippen LogP contribution is 2.21. The number of H-pyrrole nitrogens is 1. The molecule has 0 aromatic carbocycles. The lowest BCUT2D eigenvalue weighted by Gasteiger charge is -2.16. The second-order valence-corrected chi connectivity index (χ2v) is 4.62. The van der Waals surface area contributed by atoms with Crippen molar-refractivity contribution in [1.82, 2.24) is 9.88 Å². The van der Waals surface area contributed by atoms with Gasteiger partial charge >= 0.3 is 0 Å². The molecule has 4 nitrogen and oxygen atoms in total. The van der Waals surface area contributed by atoms with Crippen LogP contribution >= 0.6 is 0 Å². The molecule has 0 bridgehead atoms. The predicted molar refractivity (Wildman–Crippen MR) is 66.0 cm³/mol. The fourth-order valence-corrected chi connectivity index (χ4v) is 2.40. The summed E-state index contributed by atoms with van der Waals surface area (Å²) >= 11 is 0. The Bertz CT molecular complexity index is 453. The number of hydrogen-bond acceptors (Lipinski definition) is 2. The monoisotopic (exact) mass is 234 g/mol. The molecule has 1 amide bonds. The average molecular weight is 234 g/mol. The molecule has 17 heavy (non-hydrogen) atoms. The Morgan fingerprint density at radius 1 is 1.53 bits per heavy atom. The van der Waals surface area contributed by atoms with Gasteiger partial charge in [-0.3, -0.25) is 9.59 Å². The summed E-state index contributed by atoms with van der Waals surface area (Å²) in [5.41, 5.74) is 0.176. The molecule has 1 aromatic rings. The standard InChI is InChI=1S/C13H18N2O2/c1-2-4-10-7-8-15(9-10)13(17)11-5-3-6-12(16)14-11/h3,5-6,10H,2,4,7-9H2,1H3,(H,14,16). The van der Waals surface area contributed by atoms with Crippen molar-refractivity contribution in [2.45, 2.75) is 26.2 Å². The highest BCUT2D eigenvalue weighted by molar-refractivity contribution is 5.92. The van der Waals surface area contributed by atoms with Crippen LogP contribution in [0.5, 0.6) is 0 Å². The minimum atomic E-state index is -0.222. The normalized spacial score (nSPS) is 19.6. The number of carbonyl (C=O) groups excluding carboxylic acids is 1. The summed E-state index contributed by atoms with van der Waals surface area (Å²) in [6.07, 6.45) is 3.42. The number of hydrogen-bond donors (Lipinski definition) is 1. The van der Waals surface area contributed by atoms with E-state index in [1.807, 2.05) is 4.90 Å². The number of pyridine rings is 1. The zero-order chi connectivity index (χ0) is 12.3. The number of aromatic nitrogens is 1. The Kier molecular flexibility index (Phi) is 3.61. The van der Waals surface area contributed by atoms with Crippen molar-refractivity contribution in [1.29, 1.82) is 0 Å². The van der Waals surface area contributed by atoms with Crippen LogP contribution in [0.2, 0.25) is 0 Å². The summed E-state index contributed by atoms with van der Waals surface area (Å²) in [7, 11) is 0. The number of rotatable bonds is 3. The molecule has 1 aromatic heterocycles. The molecular formula is C13H18N2O2. The first-order chi connectivity index (χ1) is 8.20. The van der Waals surface area contributed by atoms with Gasteiger partial charge in [0.15, 0.2) is 0 Å². The van der Waals surface area contributed by atoms with Crippen LogP contribution in [0.1, 0.15) is 36.7 Å². The fourth-order valence-electron chi connectivity index (χ4n) is 2.40. The van der Waals surface area contributed by atoms with Crippen LogP contribution in [0, 0.1) is 5.92 Å². The first-order valence-electron chi connectivity index (χ1n) is 6.19. The SMILES string of the molecule is CCCC1CCN(C(=O)c2cccc(=O)[nH]2)C1. The summed E-state index contributed by atoms with van der Waals surface area (Å²) in [6.45, 7) is 3.79. The lowest BCUT2D eigenvalue weighted by Crippen LogP contribution is -2.30. The van der Waals surface area contributed by atoms with E-state index >= 15 is 0 Å². The van der Waals surface area contributed by atoms with Gasteiger partial charge in [0.25, 0.3) is 5.91 Å². The van der Waals surface area contributed by atoms with Crippen molar-refractivity contribution in [2.75, 3.05) is 13.1 Å². The molecule has 0 radical (unpaired) electrons.